The van der Waals surface area contributed by atoms with E-state index in [9.17, 15) is 4.79 Å². The summed E-state index contributed by atoms with van der Waals surface area (Å²) in [5.41, 5.74) is 0.429. The lowest BCUT2D eigenvalue weighted by Crippen LogP contribution is -2.47. The Morgan fingerprint density at radius 2 is 1.52 bits per heavy atom. The first kappa shape index (κ1) is 25.1. The van der Waals surface area contributed by atoms with Crippen LogP contribution in [0.1, 0.15) is 101 Å². The SMILES string of the molecule is CC.CCC(=O)NC(C)(P)CC(C)(C)C(C)(C)CCCC(C)C. The Morgan fingerprint density at radius 3 is 1.91 bits per heavy atom. The lowest BCUT2D eigenvalue weighted by atomic mass is 9.62. The van der Waals surface area contributed by atoms with Gasteiger partial charge >= 0.3 is 0 Å². The topological polar surface area (TPSA) is 29.1 Å². The molecule has 3 heteroatoms. The summed E-state index contributed by atoms with van der Waals surface area (Å²) in [7, 11) is 2.84. The molecule has 1 N–H and O–H groups in total. The van der Waals surface area contributed by atoms with Gasteiger partial charge in [-0.25, -0.2) is 0 Å². The van der Waals surface area contributed by atoms with Gasteiger partial charge in [0.2, 0.25) is 5.91 Å². The third-order valence-corrected chi connectivity index (χ3v) is 5.32. The van der Waals surface area contributed by atoms with Crippen LogP contribution in [0.4, 0.5) is 0 Å². The van der Waals surface area contributed by atoms with E-state index in [1.54, 1.807) is 0 Å². The minimum Gasteiger partial charge on any atom is -0.348 e. The van der Waals surface area contributed by atoms with Crippen LogP contribution in [0.25, 0.3) is 0 Å². The summed E-state index contributed by atoms with van der Waals surface area (Å²) in [4.78, 5) is 11.7. The lowest BCUT2D eigenvalue weighted by molar-refractivity contribution is -0.122. The highest BCUT2D eigenvalue weighted by atomic mass is 31.0. The Morgan fingerprint density at radius 1 is 1.04 bits per heavy atom. The van der Waals surface area contributed by atoms with Gasteiger partial charge in [0, 0.05) is 6.42 Å². The Balaban J connectivity index is 0. The van der Waals surface area contributed by atoms with E-state index in [2.05, 4.69) is 63.0 Å². The molecule has 2 atom stereocenters. The molecule has 0 aliphatic heterocycles. The van der Waals surface area contributed by atoms with Crippen molar-refractivity contribution < 1.29 is 4.79 Å². The first-order valence-corrected chi connectivity index (χ1v) is 10.0. The first-order valence-electron chi connectivity index (χ1n) is 9.43. The van der Waals surface area contributed by atoms with Gasteiger partial charge < -0.3 is 5.32 Å². The summed E-state index contributed by atoms with van der Waals surface area (Å²) in [5.74, 6) is 0.903. The van der Waals surface area contributed by atoms with Gasteiger partial charge in [-0.15, -0.1) is 9.24 Å². The molecule has 1 amide bonds. The van der Waals surface area contributed by atoms with E-state index >= 15 is 0 Å². The van der Waals surface area contributed by atoms with E-state index in [-0.39, 0.29) is 22.0 Å². The standard InChI is InChI=1S/C18H38NOP.C2H6/c1-9-15(20)19-18(8,21)13-17(6,7)16(4,5)12-10-11-14(2)3;1-2/h14H,9-13,21H2,1-8H3,(H,19,20);1-2H3. The zero-order chi connectivity index (χ0) is 18.9. The molecule has 0 aliphatic rings. The van der Waals surface area contributed by atoms with Crippen LogP contribution in [0.2, 0.25) is 0 Å². The molecule has 140 valence electrons. The van der Waals surface area contributed by atoms with Crippen molar-refractivity contribution in [2.75, 3.05) is 0 Å². The normalized spacial score (nSPS) is 14.8. The van der Waals surface area contributed by atoms with Crippen molar-refractivity contribution in [2.24, 2.45) is 16.7 Å². The molecule has 0 fully saturated rings. The van der Waals surface area contributed by atoms with Gasteiger partial charge in [0.15, 0.2) is 0 Å². The van der Waals surface area contributed by atoms with Gasteiger partial charge in [0.1, 0.15) is 0 Å². The van der Waals surface area contributed by atoms with E-state index in [1.165, 1.54) is 19.3 Å². The van der Waals surface area contributed by atoms with Gasteiger partial charge in [-0.3, -0.25) is 4.79 Å². The van der Waals surface area contributed by atoms with E-state index < -0.39 is 0 Å². The molecule has 0 radical (unpaired) electrons. The van der Waals surface area contributed by atoms with Crippen LogP contribution in [0.15, 0.2) is 0 Å². The molecule has 0 aromatic heterocycles. The van der Waals surface area contributed by atoms with E-state index in [4.69, 9.17) is 0 Å². The number of carbonyl (C=O) groups is 1. The number of carbonyl (C=O) groups excluding carboxylic acids is 1. The molecule has 2 nitrogen and oxygen atoms in total. The summed E-state index contributed by atoms with van der Waals surface area (Å²) in [6.07, 6.45) is 5.32. The van der Waals surface area contributed by atoms with Crippen LogP contribution in [0, 0.1) is 16.7 Å². The summed E-state index contributed by atoms with van der Waals surface area (Å²) in [6, 6.07) is 0. The Labute approximate surface area is 149 Å². The highest BCUT2D eigenvalue weighted by molar-refractivity contribution is 7.18. The molecule has 0 aliphatic carbocycles. The van der Waals surface area contributed by atoms with Crippen molar-refractivity contribution in [1.29, 1.82) is 0 Å². The Kier molecular flexibility index (Phi) is 11.7. The van der Waals surface area contributed by atoms with Crippen LogP contribution in [0.3, 0.4) is 0 Å². The van der Waals surface area contributed by atoms with Gasteiger partial charge in [-0.05, 0) is 36.5 Å². The molecule has 0 spiro atoms. The zero-order valence-electron chi connectivity index (χ0n) is 17.6. The van der Waals surface area contributed by atoms with Crippen molar-refractivity contribution in [3.8, 4) is 0 Å². The third kappa shape index (κ3) is 10.4. The molecule has 0 saturated carbocycles. The summed E-state index contributed by atoms with van der Waals surface area (Å²) in [5, 5.41) is 2.90. The average molecular weight is 346 g/mol. The van der Waals surface area contributed by atoms with Crippen molar-refractivity contribution in [2.45, 2.75) is 107 Å². The van der Waals surface area contributed by atoms with Crippen LogP contribution >= 0.6 is 9.24 Å². The van der Waals surface area contributed by atoms with Crippen molar-refractivity contribution >= 4 is 15.1 Å². The highest BCUT2D eigenvalue weighted by Crippen LogP contribution is 2.48. The van der Waals surface area contributed by atoms with E-state index in [0.717, 1.165) is 12.3 Å². The Hall–Kier alpha value is -0.100. The third-order valence-electron chi connectivity index (χ3n) is 4.97. The second-order valence-electron chi connectivity index (χ2n) is 8.55. The predicted molar refractivity (Wildman–Crippen MR) is 109 cm³/mol. The van der Waals surface area contributed by atoms with Crippen molar-refractivity contribution in [3.05, 3.63) is 0 Å². The summed E-state index contributed by atoms with van der Waals surface area (Å²) in [6.45, 7) is 22.0. The van der Waals surface area contributed by atoms with E-state index in [1.807, 2.05) is 20.8 Å². The van der Waals surface area contributed by atoms with Crippen molar-refractivity contribution in [1.82, 2.24) is 5.32 Å². The van der Waals surface area contributed by atoms with E-state index in [0.29, 0.717) is 6.42 Å². The van der Waals surface area contributed by atoms with Crippen LogP contribution < -0.4 is 5.32 Å². The smallest absolute Gasteiger partial charge is 0.220 e. The monoisotopic (exact) mass is 345 g/mol. The maximum Gasteiger partial charge on any atom is 0.220 e. The lowest BCUT2D eigenvalue weighted by Gasteiger charge is -2.46. The molecule has 0 bridgehead atoms. The molecule has 2 unspecified atom stereocenters. The largest absolute Gasteiger partial charge is 0.348 e. The first-order chi connectivity index (χ1) is 10.3. The van der Waals surface area contributed by atoms with Gasteiger partial charge in [-0.1, -0.05) is 75.2 Å². The molecule has 0 aromatic carbocycles. The molecule has 0 heterocycles. The molecular formula is C20H44NOP. The van der Waals surface area contributed by atoms with Crippen molar-refractivity contribution in [3.63, 3.8) is 0 Å². The maximum absolute atomic E-state index is 11.7. The molecule has 23 heavy (non-hydrogen) atoms. The quantitative estimate of drug-likeness (QED) is 0.481. The number of hydrogen-bond acceptors (Lipinski definition) is 1. The summed E-state index contributed by atoms with van der Waals surface area (Å²) >= 11 is 0. The fourth-order valence-corrected chi connectivity index (χ4v) is 3.57. The fraction of sp³-hybridized carbons (Fsp3) is 0.950. The predicted octanol–water partition coefficient (Wildman–Crippen LogP) is 6.40. The number of hydrogen-bond donors (Lipinski definition) is 1. The number of rotatable bonds is 9. The minimum absolute atomic E-state index is 0.126. The van der Waals surface area contributed by atoms with Crippen LogP contribution in [-0.4, -0.2) is 11.2 Å². The zero-order valence-corrected chi connectivity index (χ0v) is 18.8. The maximum atomic E-state index is 11.7. The highest BCUT2D eigenvalue weighted by Gasteiger charge is 2.40. The van der Waals surface area contributed by atoms with Gasteiger partial charge in [-0.2, -0.15) is 0 Å². The second-order valence-corrected chi connectivity index (χ2v) is 9.82. The fourth-order valence-electron chi connectivity index (χ4n) is 2.90. The molecule has 0 aromatic rings. The minimum atomic E-state index is -0.230. The summed E-state index contributed by atoms with van der Waals surface area (Å²) < 4.78 is 0. The number of nitrogens with one attached hydrogen (secondary N) is 1. The average Bonchev–Trinajstić information content (AvgIpc) is 2.38. The molecule has 0 rings (SSSR count). The van der Waals surface area contributed by atoms with Gasteiger partial charge in [0.25, 0.3) is 0 Å². The molecular weight excluding hydrogens is 301 g/mol. The molecule has 0 saturated heterocycles. The number of amides is 1. The van der Waals surface area contributed by atoms with Gasteiger partial charge in [0.05, 0.1) is 5.28 Å². The van der Waals surface area contributed by atoms with Crippen LogP contribution in [-0.2, 0) is 4.79 Å². The second kappa shape index (κ2) is 10.7. The van der Waals surface area contributed by atoms with Crippen LogP contribution in [0.5, 0.6) is 0 Å². The Bertz CT molecular complexity index is 333.